The molecule has 7 nitrogen and oxygen atoms in total. The number of benzene rings is 2. The van der Waals surface area contributed by atoms with Gasteiger partial charge in [0.1, 0.15) is 5.56 Å². The van der Waals surface area contributed by atoms with Gasteiger partial charge in [0.2, 0.25) is 0 Å². The van der Waals surface area contributed by atoms with E-state index in [1.165, 1.54) is 18.2 Å². The van der Waals surface area contributed by atoms with Crippen LogP contribution in [-0.2, 0) is 0 Å². The Morgan fingerprint density at radius 2 is 1.72 bits per heavy atom. The summed E-state index contributed by atoms with van der Waals surface area (Å²) in [7, 11) is 0. The van der Waals surface area contributed by atoms with Gasteiger partial charge in [-0.2, -0.15) is 0 Å². The number of carbonyl (C=O) groups excluding carboxylic acids is 2. The van der Waals surface area contributed by atoms with Gasteiger partial charge in [0.15, 0.2) is 0 Å². The van der Waals surface area contributed by atoms with Gasteiger partial charge < -0.3 is 10.6 Å². The van der Waals surface area contributed by atoms with Crippen molar-refractivity contribution >= 4 is 23.2 Å². The first-order valence-corrected chi connectivity index (χ1v) is 7.88. The van der Waals surface area contributed by atoms with E-state index < -0.39 is 10.8 Å². The second-order valence-electron chi connectivity index (χ2n) is 5.59. The normalized spacial score (nSPS) is 11.4. The summed E-state index contributed by atoms with van der Waals surface area (Å²) in [6.45, 7) is 3.89. The Morgan fingerprint density at radius 3 is 2.32 bits per heavy atom. The molecule has 2 rings (SSSR count). The predicted octanol–water partition coefficient (Wildman–Crippen LogP) is 3.38. The van der Waals surface area contributed by atoms with Crippen LogP contribution in [-0.4, -0.2) is 22.8 Å². The molecule has 0 spiro atoms. The fourth-order valence-electron chi connectivity index (χ4n) is 2.14. The second-order valence-corrected chi connectivity index (χ2v) is 5.59. The average molecular weight is 341 g/mol. The monoisotopic (exact) mass is 341 g/mol. The summed E-state index contributed by atoms with van der Waals surface area (Å²) >= 11 is 0. The van der Waals surface area contributed by atoms with Crippen molar-refractivity contribution < 1.29 is 14.5 Å². The van der Waals surface area contributed by atoms with Crippen LogP contribution in [0.15, 0.2) is 48.5 Å². The molecule has 130 valence electrons. The Labute approximate surface area is 145 Å². The molecule has 0 saturated carbocycles. The van der Waals surface area contributed by atoms with Gasteiger partial charge in [0.25, 0.3) is 17.5 Å². The van der Waals surface area contributed by atoms with Crippen molar-refractivity contribution in [2.24, 2.45) is 0 Å². The molecule has 0 heterocycles. The highest BCUT2D eigenvalue weighted by molar-refractivity contribution is 6.07. The van der Waals surface area contributed by atoms with Gasteiger partial charge in [-0.1, -0.05) is 19.1 Å². The fraction of sp³-hybridized carbons (Fsp3) is 0.222. The molecule has 0 radical (unpaired) electrons. The molecule has 0 fully saturated rings. The lowest BCUT2D eigenvalue weighted by atomic mass is 10.1. The predicted molar refractivity (Wildman–Crippen MR) is 94.7 cm³/mol. The van der Waals surface area contributed by atoms with Gasteiger partial charge >= 0.3 is 0 Å². The maximum atomic E-state index is 12.2. The van der Waals surface area contributed by atoms with Crippen LogP contribution in [0.1, 0.15) is 41.0 Å². The van der Waals surface area contributed by atoms with Crippen molar-refractivity contribution in [3.05, 3.63) is 69.8 Å². The van der Waals surface area contributed by atoms with E-state index in [2.05, 4.69) is 10.6 Å². The molecule has 0 saturated heterocycles. The number of hydrogen-bond acceptors (Lipinski definition) is 4. The molecule has 1 atom stereocenters. The molecule has 1 unspecified atom stereocenters. The number of nitro benzene ring substituents is 1. The highest BCUT2D eigenvalue weighted by Gasteiger charge is 2.19. The van der Waals surface area contributed by atoms with Gasteiger partial charge in [-0.15, -0.1) is 0 Å². The van der Waals surface area contributed by atoms with Crippen LogP contribution < -0.4 is 10.6 Å². The van der Waals surface area contributed by atoms with Gasteiger partial charge in [-0.05, 0) is 43.7 Å². The van der Waals surface area contributed by atoms with Gasteiger partial charge in [-0.25, -0.2) is 0 Å². The largest absolute Gasteiger partial charge is 0.350 e. The number of nitrogens with one attached hydrogen (secondary N) is 2. The summed E-state index contributed by atoms with van der Waals surface area (Å²) in [5, 5.41) is 16.4. The molecule has 0 aliphatic rings. The zero-order chi connectivity index (χ0) is 18.4. The van der Waals surface area contributed by atoms with Gasteiger partial charge in [0.05, 0.1) is 4.92 Å². The standard InChI is InChI=1S/C18H19N3O4/c1-3-12(2)19-17(22)13-8-10-14(11-9-13)20-18(23)15-6-4-5-7-16(15)21(24)25/h4-12H,3H2,1-2H3,(H,19,22)(H,20,23). The van der Waals surface area contributed by atoms with E-state index in [0.717, 1.165) is 6.42 Å². The van der Waals surface area contributed by atoms with E-state index in [-0.39, 0.29) is 23.2 Å². The first-order valence-electron chi connectivity index (χ1n) is 7.88. The number of nitro groups is 1. The molecular formula is C18H19N3O4. The van der Waals surface area contributed by atoms with E-state index in [1.54, 1.807) is 30.3 Å². The van der Waals surface area contributed by atoms with Crippen LogP contribution >= 0.6 is 0 Å². The van der Waals surface area contributed by atoms with E-state index >= 15 is 0 Å². The van der Waals surface area contributed by atoms with Crippen LogP contribution in [0.3, 0.4) is 0 Å². The Balaban J connectivity index is 2.10. The number of carbonyl (C=O) groups is 2. The molecular weight excluding hydrogens is 322 g/mol. The summed E-state index contributed by atoms with van der Waals surface area (Å²) in [4.78, 5) is 34.7. The molecule has 2 aromatic rings. The lowest BCUT2D eigenvalue weighted by Crippen LogP contribution is -2.31. The van der Waals surface area contributed by atoms with Crippen molar-refractivity contribution in [2.75, 3.05) is 5.32 Å². The van der Waals surface area contributed by atoms with Gasteiger partial charge in [-0.3, -0.25) is 19.7 Å². The highest BCUT2D eigenvalue weighted by Crippen LogP contribution is 2.19. The van der Waals surface area contributed by atoms with E-state index in [4.69, 9.17) is 0 Å². The third-order valence-corrected chi connectivity index (χ3v) is 3.74. The number of hydrogen-bond donors (Lipinski definition) is 2. The number of para-hydroxylation sites is 1. The molecule has 2 N–H and O–H groups in total. The quantitative estimate of drug-likeness (QED) is 0.621. The number of anilines is 1. The molecule has 0 aromatic heterocycles. The smallest absolute Gasteiger partial charge is 0.282 e. The van der Waals surface area contributed by atoms with Crippen molar-refractivity contribution in [1.82, 2.24) is 5.32 Å². The molecule has 0 bridgehead atoms. The maximum absolute atomic E-state index is 12.2. The van der Waals surface area contributed by atoms with Crippen molar-refractivity contribution in [3.8, 4) is 0 Å². The first-order chi connectivity index (χ1) is 11.9. The summed E-state index contributed by atoms with van der Waals surface area (Å²) in [5.41, 5.74) is 0.642. The lowest BCUT2D eigenvalue weighted by Gasteiger charge is -2.11. The second kappa shape index (κ2) is 8.05. The maximum Gasteiger partial charge on any atom is 0.282 e. The van der Waals surface area contributed by atoms with E-state index in [0.29, 0.717) is 11.3 Å². The van der Waals surface area contributed by atoms with Crippen molar-refractivity contribution in [2.45, 2.75) is 26.3 Å². The SMILES string of the molecule is CCC(C)NC(=O)c1ccc(NC(=O)c2ccccc2[N+](=O)[O-])cc1. The molecule has 2 aromatic carbocycles. The minimum absolute atomic E-state index is 0.0221. The Kier molecular flexibility index (Phi) is 5.84. The average Bonchev–Trinajstić information content (AvgIpc) is 2.62. The minimum Gasteiger partial charge on any atom is -0.350 e. The van der Waals surface area contributed by atoms with Crippen molar-refractivity contribution in [3.63, 3.8) is 0 Å². The molecule has 2 amide bonds. The molecule has 0 aliphatic heterocycles. The highest BCUT2D eigenvalue weighted by atomic mass is 16.6. The number of nitrogens with zero attached hydrogens (tertiary/aromatic N) is 1. The van der Waals surface area contributed by atoms with Crippen LogP contribution in [0.5, 0.6) is 0 Å². The fourth-order valence-corrected chi connectivity index (χ4v) is 2.14. The molecule has 0 aliphatic carbocycles. The zero-order valence-corrected chi connectivity index (χ0v) is 14.0. The van der Waals surface area contributed by atoms with Crippen LogP contribution in [0.25, 0.3) is 0 Å². The Hall–Kier alpha value is -3.22. The summed E-state index contributed by atoms with van der Waals surface area (Å²) in [6, 6.07) is 12.1. The van der Waals surface area contributed by atoms with E-state index in [9.17, 15) is 19.7 Å². The van der Waals surface area contributed by atoms with Crippen molar-refractivity contribution in [1.29, 1.82) is 0 Å². The summed E-state index contributed by atoms with van der Waals surface area (Å²) < 4.78 is 0. The Bertz CT molecular complexity index is 787. The topological polar surface area (TPSA) is 101 Å². The minimum atomic E-state index is -0.600. The van der Waals surface area contributed by atoms with E-state index in [1.807, 2.05) is 13.8 Å². The Morgan fingerprint density at radius 1 is 1.08 bits per heavy atom. The van der Waals surface area contributed by atoms with Crippen LogP contribution in [0.4, 0.5) is 11.4 Å². The zero-order valence-electron chi connectivity index (χ0n) is 14.0. The third kappa shape index (κ3) is 4.63. The first kappa shape index (κ1) is 18.1. The molecule has 7 heteroatoms. The van der Waals surface area contributed by atoms with Gasteiger partial charge in [0, 0.05) is 23.4 Å². The third-order valence-electron chi connectivity index (χ3n) is 3.74. The van der Waals surface area contributed by atoms with Crippen LogP contribution in [0.2, 0.25) is 0 Å². The summed E-state index contributed by atoms with van der Waals surface area (Å²) in [6.07, 6.45) is 0.829. The number of amides is 2. The number of rotatable bonds is 6. The molecule has 25 heavy (non-hydrogen) atoms. The lowest BCUT2D eigenvalue weighted by molar-refractivity contribution is -0.385. The summed E-state index contributed by atoms with van der Waals surface area (Å²) in [5.74, 6) is -0.768. The van der Waals surface area contributed by atoms with Crippen LogP contribution in [0, 0.1) is 10.1 Å².